The van der Waals surface area contributed by atoms with Gasteiger partial charge in [-0.1, -0.05) is 6.92 Å². The number of carbonyl (C=O) groups excluding carboxylic acids is 1. The molecule has 0 bridgehead atoms. The maximum absolute atomic E-state index is 11.9. The molecular weight excluding hydrogens is 262 g/mol. The molecule has 20 heavy (non-hydrogen) atoms. The number of ether oxygens (including phenoxy) is 1. The standard InChI is InChI=1S/C14H15NO5/c1-3-10(19-2)13(16)15-9-4-5-11-8(6-9)7-12(20-11)14(17)18/h4-7,10H,3H2,1-2H3,(H,15,16)(H,17,18). The summed E-state index contributed by atoms with van der Waals surface area (Å²) in [6, 6.07) is 6.34. The Morgan fingerprint density at radius 1 is 1.40 bits per heavy atom. The quantitative estimate of drug-likeness (QED) is 0.876. The second-order valence-corrected chi connectivity index (χ2v) is 4.29. The van der Waals surface area contributed by atoms with Gasteiger partial charge in [0.05, 0.1) is 0 Å². The van der Waals surface area contributed by atoms with Gasteiger partial charge in [0.2, 0.25) is 5.76 Å². The van der Waals surface area contributed by atoms with Crippen molar-refractivity contribution in [2.24, 2.45) is 0 Å². The smallest absolute Gasteiger partial charge is 0.371 e. The zero-order valence-corrected chi connectivity index (χ0v) is 11.2. The van der Waals surface area contributed by atoms with Crippen LogP contribution in [0.2, 0.25) is 0 Å². The molecule has 1 aromatic heterocycles. The third-order valence-corrected chi connectivity index (χ3v) is 2.94. The van der Waals surface area contributed by atoms with E-state index in [1.807, 2.05) is 6.92 Å². The molecule has 0 aliphatic heterocycles. The van der Waals surface area contributed by atoms with Gasteiger partial charge in [0.1, 0.15) is 11.7 Å². The van der Waals surface area contributed by atoms with Crippen molar-refractivity contribution in [3.63, 3.8) is 0 Å². The van der Waals surface area contributed by atoms with E-state index in [1.54, 1.807) is 18.2 Å². The lowest BCUT2D eigenvalue weighted by molar-refractivity contribution is -0.125. The average Bonchev–Trinajstić information content (AvgIpc) is 2.83. The monoisotopic (exact) mass is 277 g/mol. The molecule has 6 nitrogen and oxygen atoms in total. The highest BCUT2D eigenvalue weighted by molar-refractivity contribution is 5.97. The number of furan rings is 1. The maximum Gasteiger partial charge on any atom is 0.371 e. The summed E-state index contributed by atoms with van der Waals surface area (Å²) in [5.74, 6) is -1.50. The summed E-state index contributed by atoms with van der Waals surface area (Å²) in [7, 11) is 1.48. The summed E-state index contributed by atoms with van der Waals surface area (Å²) < 4.78 is 10.2. The van der Waals surface area contributed by atoms with Gasteiger partial charge in [-0.25, -0.2) is 4.79 Å². The third-order valence-electron chi connectivity index (χ3n) is 2.94. The van der Waals surface area contributed by atoms with Crippen LogP contribution in [0.5, 0.6) is 0 Å². The van der Waals surface area contributed by atoms with Crippen molar-refractivity contribution in [3.8, 4) is 0 Å². The minimum Gasteiger partial charge on any atom is -0.475 e. The molecule has 1 unspecified atom stereocenters. The summed E-state index contributed by atoms with van der Waals surface area (Å²) in [6.07, 6.45) is 0.0593. The number of carboxylic acids is 1. The Hall–Kier alpha value is -2.34. The second-order valence-electron chi connectivity index (χ2n) is 4.29. The van der Waals surface area contributed by atoms with Crippen LogP contribution in [0, 0.1) is 0 Å². The van der Waals surface area contributed by atoms with Gasteiger partial charge in [0.25, 0.3) is 5.91 Å². The number of fused-ring (bicyclic) bond motifs is 1. The fourth-order valence-corrected chi connectivity index (χ4v) is 1.91. The topological polar surface area (TPSA) is 88.8 Å². The van der Waals surface area contributed by atoms with E-state index in [-0.39, 0.29) is 11.7 Å². The van der Waals surface area contributed by atoms with Crippen molar-refractivity contribution in [3.05, 3.63) is 30.0 Å². The maximum atomic E-state index is 11.9. The van der Waals surface area contributed by atoms with Crippen molar-refractivity contribution in [2.75, 3.05) is 12.4 Å². The van der Waals surface area contributed by atoms with E-state index >= 15 is 0 Å². The number of rotatable bonds is 5. The fourth-order valence-electron chi connectivity index (χ4n) is 1.91. The normalized spacial score (nSPS) is 12.3. The molecule has 0 aliphatic carbocycles. The number of nitrogens with one attached hydrogen (secondary N) is 1. The molecular formula is C14H15NO5. The Kier molecular flexibility index (Phi) is 4.05. The minimum absolute atomic E-state index is 0.133. The molecule has 0 saturated heterocycles. The predicted octanol–water partition coefficient (Wildman–Crippen LogP) is 2.49. The fraction of sp³-hybridized carbons (Fsp3) is 0.286. The zero-order valence-electron chi connectivity index (χ0n) is 11.2. The van der Waals surface area contributed by atoms with Crippen LogP contribution in [-0.4, -0.2) is 30.2 Å². The molecule has 0 aliphatic rings. The van der Waals surface area contributed by atoms with Crippen LogP contribution < -0.4 is 5.32 Å². The highest BCUT2D eigenvalue weighted by Crippen LogP contribution is 2.23. The highest BCUT2D eigenvalue weighted by Gasteiger charge is 2.16. The van der Waals surface area contributed by atoms with Crippen molar-refractivity contribution in [2.45, 2.75) is 19.4 Å². The lowest BCUT2D eigenvalue weighted by atomic mass is 10.2. The molecule has 6 heteroatoms. The van der Waals surface area contributed by atoms with Crippen molar-refractivity contribution < 1.29 is 23.8 Å². The zero-order chi connectivity index (χ0) is 14.7. The van der Waals surface area contributed by atoms with E-state index in [0.29, 0.717) is 23.1 Å². The van der Waals surface area contributed by atoms with Gasteiger partial charge >= 0.3 is 5.97 Å². The van der Waals surface area contributed by atoms with E-state index < -0.39 is 12.1 Å². The van der Waals surface area contributed by atoms with E-state index in [1.165, 1.54) is 13.2 Å². The largest absolute Gasteiger partial charge is 0.475 e. The first-order valence-electron chi connectivity index (χ1n) is 6.15. The minimum atomic E-state index is -1.13. The molecule has 0 spiro atoms. The first-order valence-corrected chi connectivity index (χ1v) is 6.15. The number of methoxy groups -OCH3 is 1. The Balaban J connectivity index is 2.23. The van der Waals surface area contributed by atoms with Crippen LogP contribution in [0.4, 0.5) is 5.69 Å². The highest BCUT2D eigenvalue weighted by atomic mass is 16.5. The number of amides is 1. The Morgan fingerprint density at radius 2 is 2.15 bits per heavy atom. The Bertz CT molecular complexity index is 642. The van der Waals surface area contributed by atoms with Gasteiger partial charge in [-0.3, -0.25) is 4.79 Å². The van der Waals surface area contributed by atoms with E-state index in [9.17, 15) is 9.59 Å². The number of aromatic carboxylic acids is 1. The van der Waals surface area contributed by atoms with E-state index in [4.69, 9.17) is 14.3 Å². The van der Waals surface area contributed by atoms with Crippen LogP contribution in [0.25, 0.3) is 11.0 Å². The molecule has 2 N–H and O–H groups in total. The number of hydrogen-bond acceptors (Lipinski definition) is 4. The summed E-state index contributed by atoms with van der Waals surface area (Å²) in [5.41, 5.74) is 1.02. The van der Waals surface area contributed by atoms with Crippen LogP contribution >= 0.6 is 0 Å². The molecule has 2 aromatic rings. The molecule has 2 rings (SSSR count). The van der Waals surface area contributed by atoms with E-state index in [2.05, 4.69) is 5.32 Å². The molecule has 106 valence electrons. The number of anilines is 1. The van der Waals surface area contributed by atoms with Gasteiger partial charge in [0, 0.05) is 18.2 Å². The first-order chi connectivity index (χ1) is 9.55. The number of carboxylic acid groups (broad SMARTS) is 1. The number of benzene rings is 1. The van der Waals surface area contributed by atoms with Crippen molar-refractivity contribution in [1.29, 1.82) is 0 Å². The summed E-state index contributed by atoms with van der Waals surface area (Å²) in [5, 5.41) is 12.2. The number of hydrogen-bond donors (Lipinski definition) is 2. The number of carbonyl (C=O) groups is 2. The molecule has 0 saturated carbocycles. The van der Waals surface area contributed by atoms with Gasteiger partial charge in [0.15, 0.2) is 0 Å². The molecule has 0 fully saturated rings. The molecule has 0 radical (unpaired) electrons. The molecule has 1 heterocycles. The first kappa shape index (κ1) is 14.1. The Labute approximate surface area is 115 Å². The predicted molar refractivity (Wildman–Crippen MR) is 72.9 cm³/mol. The van der Waals surface area contributed by atoms with Gasteiger partial charge < -0.3 is 19.6 Å². The molecule has 1 amide bonds. The van der Waals surface area contributed by atoms with Crippen molar-refractivity contribution >= 4 is 28.5 Å². The molecule has 1 aromatic carbocycles. The lowest BCUT2D eigenvalue weighted by Gasteiger charge is -2.12. The van der Waals surface area contributed by atoms with Crippen LogP contribution in [0.15, 0.2) is 28.7 Å². The van der Waals surface area contributed by atoms with Crippen molar-refractivity contribution in [1.82, 2.24) is 0 Å². The summed E-state index contributed by atoms with van der Waals surface area (Å²) >= 11 is 0. The summed E-state index contributed by atoms with van der Waals surface area (Å²) in [6.45, 7) is 1.85. The van der Waals surface area contributed by atoms with Gasteiger partial charge in [-0.15, -0.1) is 0 Å². The SMILES string of the molecule is CCC(OC)C(=O)Nc1ccc2oc(C(=O)O)cc2c1. The van der Waals surface area contributed by atoms with Crippen LogP contribution in [-0.2, 0) is 9.53 Å². The average molecular weight is 277 g/mol. The van der Waals surface area contributed by atoms with E-state index in [0.717, 1.165) is 0 Å². The van der Waals surface area contributed by atoms with Gasteiger partial charge in [-0.2, -0.15) is 0 Å². The van der Waals surface area contributed by atoms with Crippen LogP contribution in [0.1, 0.15) is 23.9 Å². The lowest BCUT2D eigenvalue weighted by Crippen LogP contribution is -2.28. The second kappa shape index (κ2) is 5.75. The van der Waals surface area contributed by atoms with Gasteiger partial charge in [-0.05, 0) is 30.7 Å². The molecule has 1 atom stereocenters. The third kappa shape index (κ3) is 2.80. The Morgan fingerprint density at radius 3 is 2.75 bits per heavy atom. The van der Waals surface area contributed by atoms with Crippen LogP contribution in [0.3, 0.4) is 0 Å². The summed E-state index contributed by atoms with van der Waals surface area (Å²) in [4.78, 5) is 22.7.